The number of benzene rings is 1. The standard InChI is InChI=1S/C15H14F3NO2S/c16-15(17,18)11-4-1-3-10(9-11)14(21)19-7-6-12(20)13-5-2-8-22-13/h1-5,8-9,12,20H,6-7H2,(H,19,21)/t12-/m1/s1. The number of amides is 1. The van der Waals surface area contributed by atoms with Gasteiger partial charge in [-0.3, -0.25) is 4.79 Å². The number of rotatable bonds is 5. The van der Waals surface area contributed by atoms with Gasteiger partial charge in [-0.15, -0.1) is 11.3 Å². The maximum atomic E-state index is 12.6. The molecule has 3 nitrogen and oxygen atoms in total. The summed E-state index contributed by atoms with van der Waals surface area (Å²) in [6, 6.07) is 7.83. The zero-order chi connectivity index (χ0) is 16.2. The fourth-order valence-corrected chi connectivity index (χ4v) is 2.63. The molecule has 0 radical (unpaired) electrons. The minimum atomic E-state index is -4.48. The smallest absolute Gasteiger partial charge is 0.388 e. The Hall–Kier alpha value is -1.86. The number of hydrogen-bond acceptors (Lipinski definition) is 3. The number of alkyl halides is 3. The fourth-order valence-electron chi connectivity index (χ4n) is 1.88. The molecule has 7 heteroatoms. The van der Waals surface area contributed by atoms with Crippen molar-refractivity contribution in [1.82, 2.24) is 5.32 Å². The third kappa shape index (κ3) is 4.32. The van der Waals surface area contributed by atoms with E-state index in [0.29, 0.717) is 6.42 Å². The van der Waals surface area contributed by atoms with E-state index in [1.807, 2.05) is 11.4 Å². The van der Waals surface area contributed by atoms with Gasteiger partial charge in [0, 0.05) is 17.0 Å². The molecule has 1 amide bonds. The maximum Gasteiger partial charge on any atom is 0.416 e. The van der Waals surface area contributed by atoms with Gasteiger partial charge in [0.1, 0.15) is 0 Å². The molecule has 2 aromatic rings. The lowest BCUT2D eigenvalue weighted by molar-refractivity contribution is -0.137. The molecule has 0 unspecified atom stereocenters. The minimum absolute atomic E-state index is 0.0551. The van der Waals surface area contributed by atoms with Gasteiger partial charge in [0.05, 0.1) is 11.7 Å². The van der Waals surface area contributed by atoms with Crippen molar-refractivity contribution in [3.05, 3.63) is 57.8 Å². The summed E-state index contributed by atoms with van der Waals surface area (Å²) in [6.45, 7) is 0.175. The van der Waals surface area contributed by atoms with Crippen molar-refractivity contribution in [2.75, 3.05) is 6.54 Å². The lowest BCUT2D eigenvalue weighted by Crippen LogP contribution is -2.25. The van der Waals surface area contributed by atoms with Crippen LogP contribution in [-0.2, 0) is 6.18 Å². The van der Waals surface area contributed by atoms with Crippen molar-refractivity contribution in [3.8, 4) is 0 Å². The predicted molar refractivity (Wildman–Crippen MR) is 77.7 cm³/mol. The third-order valence-corrected chi connectivity index (χ3v) is 4.00. The average molecular weight is 329 g/mol. The van der Waals surface area contributed by atoms with Crippen molar-refractivity contribution < 1.29 is 23.1 Å². The molecule has 2 rings (SSSR count). The van der Waals surface area contributed by atoms with Crippen molar-refractivity contribution in [1.29, 1.82) is 0 Å². The van der Waals surface area contributed by atoms with Crippen LogP contribution in [0, 0.1) is 0 Å². The van der Waals surface area contributed by atoms with Crippen LogP contribution in [0.1, 0.15) is 33.3 Å². The number of nitrogens with one attached hydrogen (secondary N) is 1. The highest BCUT2D eigenvalue weighted by Crippen LogP contribution is 2.29. The van der Waals surface area contributed by atoms with Crippen LogP contribution in [0.25, 0.3) is 0 Å². The Morgan fingerprint density at radius 3 is 2.68 bits per heavy atom. The molecule has 0 bridgehead atoms. The van der Waals surface area contributed by atoms with Crippen molar-refractivity contribution in [2.24, 2.45) is 0 Å². The molecule has 0 saturated heterocycles. The third-order valence-electron chi connectivity index (χ3n) is 3.03. The van der Waals surface area contributed by atoms with E-state index in [2.05, 4.69) is 5.32 Å². The molecule has 0 saturated carbocycles. The largest absolute Gasteiger partial charge is 0.416 e. The van der Waals surface area contributed by atoms with Crippen LogP contribution in [-0.4, -0.2) is 17.6 Å². The molecule has 0 aliphatic carbocycles. The first-order valence-electron chi connectivity index (χ1n) is 6.55. The van der Waals surface area contributed by atoms with Crippen molar-refractivity contribution >= 4 is 17.2 Å². The lowest BCUT2D eigenvalue weighted by Gasteiger charge is -2.11. The second-order valence-electron chi connectivity index (χ2n) is 4.65. The van der Waals surface area contributed by atoms with Gasteiger partial charge in [-0.25, -0.2) is 0 Å². The molecule has 1 heterocycles. The van der Waals surface area contributed by atoms with Gasteiger partial charge in [-0.05, 0) is 36.1 Å². The molecule has 1 atom stereocenters. The van der Waals surface area contributed by atoms with Crippen LogP contribution < -0.4 is 5.32 Å². The summed E-state index contributed by atoms with van der Waals surface area (Å²) in [5.41, 5.74) is -0.917. The van der Waals surface area contributed by atoms with E-state index >= 15 is 0 Å². The molecule has 0 spiro atoms. The Labute approximate surface area is 129 Å². The summed E-state index contributed by atoms with van der Waals surface area (Å²) in [5, 5.41) is 14.2. The first-order valence-corrected chi connectivity index (χ1v) is 7.43. The van der Waals surface area contributed by atoms with E-state index < -0.39 is 23.8 Å². The zero-order valence-electron chi connectivity index (χ0n) is 11.4. The molecule has 0 aliphatic heterocycles. The van der Waals surface area contributed by atoms with E-state index in [0.717, 1.165) is 17.0 Å². The van der Waals surface area contributed by atoms with Crippen LogP contribution in [0.3, 0.4) is 0 Å². The Kier molecular flexibility index (Phi) is 5.20. The molecule has 1 aromatic carbocycles. The molecule has 1 aromatic heterocycles. The molecule has 22 heavy (non-hydrogen) atoms. The number of carbonyl (C=O) groups is 1. The minimum Gasteiger partial charge on any atom is -0.388 e. The Bertz CT molecular complexity index is 626. The van der Waals surface area contributed by atoms with E-state index in [-0.39, 0.29) is 12.1 Å². The number of hydrogen-bond donors (Lipinski definition) is 2. The molecule has 0 aliphatic rings. The Balaban J connectivity index is 1.90. The fraction of sp³-hybridized carbons (Fsp3) is 0.267. The highest BCUT2D eigenvalue weighted by atomic mass is 32.1. The second-order valence-corrected chi connectivity index (χ2v) is 5.63. The van der Waals surface area contributed by atoms with Gasteiger partial charge in [-0.1, -0.05) is 12.1 Å². The van der Waals surface area contributed by atoms with Crippen molar-refractivity contribution in [3.63, 3.8) is 0 Å². The van der Waals surface area contributed by atoms with E-state index in [9.17, 15) is 23.1 Å². The monoisotopic (exact) mass is 329 g/mol. The van der Waals surface area contributed by atoms with Gasteiger partial charge in [-0.2, -0.15) is 13.2 Å². The summed E-state index contributed by atoms with van der Waals surface area (Å²) in [6.07, 6.45) is -4.88. The normalized spacial score (nSPS) is 12.9. The number of aliphatic hydroxyl groups is 1. The SMILES string of the molecule is O=C(NCC[C@@H](O)c1cccs1)c1cccc(C(F)(F)F)c1. The van der Waals surface area contributed by atoms with Gasteiger partial charge in [0.15, 0.2) is 0 Å². The molecular weight excluding hydrogens is 315 g/mol. The number of carbonyl (C=O) groups excluding carboxylic acids is 1. The van der Waals surface area contributed by atoms with Crippen LogP contribution in [0.4, 0.5) is 13.2 Å². The topological polar surface area (TPSA) is 49.3 Å². The molecule has 0 fully saturated rings. The summed E-state index contributed by atoms with van der Waals surface area (Å²) < 4.78 is 37.7. The quantitative estimate of drug-likeness (QED) is 0.880. The Morgan fingerprint density at radius 1 is 1.27 bits per heavy atom. The summed E-state index contributed by atoms with van der Waals surface area (Å²) in [7, 11) is 0. The Morgan fingerprint density at radius 2 is 2.05 bits per heavy atom. The van der Waals surface area contributed by atoms with Gasteiger partial charge >= 0.3 is 6.18 Å². The molecular formula is C15H14F3NO2S. The second kappa shape index (κ2) is 6.93. The first kappa shape index (κ1) is 16.5. The summed E-state index contributed by atoms with van der Waals surface area (Å²) in [5.74, 6) is -0.593. The summed E-state index contributed by atoms with van der Waals surface area (Å²) >= 11 is 1.40. The van der Waals surface area contributed by atoms with Gasteiger partial charge in [0.2, 0.25) is 0 Å². The van der Waals surface area contributed by atoms with Crippen LogP contribution in [0.2, 0.25) is 0 Å². The predicted octanol–water partition coefficient (Wildman–Crippen LogP) is 3.62. The van der Waals surface area contributed by atoms with Crippen LogP contribution in [0.5, 0.6) is 0 Å². The first-order chi connectivity index (χ1) is 10.4. The summed E-state index contributed by atoms with van der Waals surface area (Å²) in [4.78, 5) is 12.6. The molecule has 2 N–H and O–H groups in total. The van der Waals surface area contributed by atoms with Crippen LogP contribution in [0.15, 0.2) is 41.8 Å². The lowest BCUT2D eigenvalue weighted by atomic mass is 10.1. The van der Waals surface area contributed by atoms with E-state index in [1.54, 1.807) is 6.07 Å². The highest BCUT2D eigenvalue weighted by Gasteiger charge is 2.30. The molecule has 118 valence electrons. The number of halogens is 3. The van der Waals surface area contributed by atoms with E-state index in [1.165, 1.54) is 23.5 Å². The number of aliphatic hydroxyl groups excluding tert-OH is 1. The number of thiophene rings is 1. The maximum absolute atomic E-state index is 12.6. The zero-order valence-corrected chi connectivity index (χ0v) is 12.2. The van der Waals surface area contributed by atoms with E-state index in [4.69, 9.17) is 0 Å². The van der Waals surface area contributed by atoms with Gasteiger partial charge < -0.3 is 10.4 Å². The van der Waals surface area contributed by atoms with Crippen LogP contribution >= 0.6 is 11.3 Å². The highest BCUT2D eigenvalue weighted by molar-refractivity contribution is 7.10. The van der Waals surface area contributed by atoms with Crippen molar-refractivity contribution in [2.45, 2.75) is 18.7 Å². The average Bonchev–Trinajstić information content (AvgIpc) is 3.00. The van der Waals surface area contributed by atoms with Gasteiger partial charge in [0.25, 0.3) is 5.91 Å².